The molecule has 2 heterocycles. The minimum Gasteiger partial charge on any atom is -0.460 e. The predicted octanol–water partition coefficient (Wildman–Crippen LogP) is 4.73. The number of nitrogens with zero attached hydrogens (tertiary/aromatic N) is 4. The Kier molecular flexibility index (Phi) is 5.72. The van der Waals surface area contributed by atoms with Gasteiger partial charge in [-0.05, 0) is 45.3 Å². The van der Waals surface area contributed by atoms with Crippen LogP contribution in [0.2, 0.25) is 0 Å². The molecule has 10 heteroatoms. The lowest BCUT2D eigenvalue weighted by molar-refractivity contribution is 0.0507. The highest BCUT2D eigenvalue weighted by Gasteiger charge is 2.21. The molecule has 2 aromatic heterocycles. The smallest absolute Gasteiger partial charge is 0.374 e. The van der Waals surface area contributed by atoms with Gasteiger partial charge in [-0.15, -0.1) is 0 Å². The summed E-state index contributed by atoms with van der Waals surface area (Å²) in [5, 5.41) is 11.8. The fraction of sp³-hybridized carbons (Fsp3) is 0.138. The summed E-state index contributed by atoms with van der Waals surface area (Å²) in [5.41, 5.74) is 0.511. The zero-order valence-corrected chi connectivity index (χ0v) is 21.5. The van der Waals surface area contributed by atoms with E-state index in [4.69, 9.17) is 4.74 Å². The average Bonchev–Trinajstić information content (AvgIpc) is 3.48. The number of ether oxygens (including phenoxy) is 1. The summed E-state index contributed by atoms with van der Waals surface area (Å²) in [4.78, 5) is 46.8. The number of carbonyl (C=O) groups is 3. The van der Waals surface area contributed by atoms with Gasteiger partial charge in [-0.2, -0.15) is 0 Å². The van der Waals surface area contributed by atoms with Crippen molar-refractivity contribution in [3.05, 3.63) is 84.2 Å². The fourth-order valence-corrected chi connectivity index (χ4v) is 4.94. The topological polar surface area (TPSA) is 120 Å². The van der Waals surface area contributed by atoms with Crippen molar-refractivity contribution in [1.82, 2.24) is 19.1 Å². The number of aryl methyl sites for hydroxylation is 2. The summed E-state index contributed by atoms with van der Waals surface area (Å²) in [5.74, 6) is -0.943. The Hall–Kier alpha value is -5.25. The van der Waals surface area contributed by atoms with Crippen LogP contribution in [-0.2, 0) is 18.8 Å². The molecule has 2 amide bonds. The van der Waals surface area contributed by atoms with Crippen LogP contribution in [0.5, 0.6) is 0 Å². The highest BCUT2D eigenvalue weighted by molar-refractivity contribution is 6.27. The maximum absolute atomic E-state index is 13.4. The van der Waals surface area contributed by atoms with E-state index in [-0.39, 0.29) is 35.8 Å². The number of hydrogen-bond acceptors (Lipinski definition) is 6. The molecule has 0 saturated heterocycles. The second-order valence-corrected chi connectivity index (χ2v) is 9.22. The van der Waals surface area contributed by atoms with Crippen LogP contribution in [0, 0.1) is 0 Å². The Morgan fingerprint density at radius 1 is 0.744 bits per heavy atom. The largest absolute Gasteiger partial charge is 0.460 e. The number of nitrogens with one attached hydrogen (secondary N) is 2. The van der Waals surface area contributed by atoms with E-state index in [1.165, 1.54) is 15.3 Å². The number of amides is 2. The van der Waals surface area contributed by atoms with Crippen LogP contribution < -0.4 is 10.6 Å². The molecule has 4 aromatic carbocycles. The van der Waals surface area contributed by atoms with Gasteiger partial charge < -0.3 is 24.5 Å². The monoisotopic (exact) mass is 520 g/mol. The van der Waals surface area contributed by atoms with Gasteiger partial charge in [-0.3, -0.25) is 9.59 Å². The van der Waals surface area contributed by atoms with E-state index in [1.807, 2.05) is 24.3 Å². The van der Waals surface area contributed by atoms with Crippen molar-refractivity contribution in [2.75, 3.05) is 17.2 Å². The summed E-state index contributed by atoms with van der Waals surface area (Å²) < 4.78 is 7.95. The number of esters is 1. The summed E-state index contributed by atoms with van der Waals surface area (Å²) in [6, 6.07) is 18.0. The van der Waals surface area contributed by atoms with Crippen LogP contribution in [0.3, 0.4) is 0 Å². The molecule has 6 aromatic rings. The van der Waals surface area contributed by atoms with Crippen molar-refractivity contribution in [3.8, 4) is 0 Å². The summed E-state index contributed by atoms with van der Waals surface area (Å²) in [6.07, 6.45) is 3.06. The van der Waals surface area contributed by atoms with Crippen molar-refractivity contribution < 1.29 is 19.1 Å². The third-order valence-corrected chi connectivity index (χ3v) is 6.67. The molecule has 0 aliphatic rings. The van der Waals surface area contributed by atoms with E-state index < -0.39 is 11.9 Å². The van der Waals surface area contributed by atoms with E-state index >= 15 is 0 Å². The number of aromatic nitrogens is 4. The first-order chi connectivity index (χ1) is 18.8. The van der Waals surface area contributed by atoms with Gasteiger partial charge >= 0.3 is 5.97 Å². The quantitative estimate of drug-likeness (QED) is 0.242. The van der Waals surface area contributed by atoms with Gasteiger partial charge in [0, 0.05) is 32.1 Å². The highest BCUT2D eigenvalue weighted by Crippen LogP contribution is 2.36. The summed E-state index contributed by atoms with van der Waals surface area (Å²) in [7, 11) is 3.28. The van der Waals surface area contributed by atoms with Gasteiger partial charge in [0.25, 0.3) is 11.8 Å². The predicted molar refractivity (Wildman–Crippen MR) is 148 cm³/mol. The Labute approximate surface area is 222 Å². The Morgan fingerprint density at radius 3 is 2.00 bits per heavy atom. The van der Waals surface area contributed by atoms with Crippen molar-refractivity contribution in [2.24, 2.45) is 14.1 Å². The van der Waals surface area contributed by atoms with Crippen LogP contribution in [0.4, 0.5) is 11.6 Å². The molecule has 0 aliphatic heterocycles. The lowest BCUT2D eigenvalue weighted by Gasteiger charge is -2.13. The molecule has 0 fully saturated rings. The van der Waals surface area contributed by atoms with Crippen molar-refractivity contribution >= 4 is 61.7 Å². The molecule has 0 unspecified atom stereocenters. The van der Waals surface area contributed by atoms with Crippen molar-refractivity contribution in [2.45, 2.75) is 6.92 Å². The number of anilines is 2. The minimum atomic E-state index is -0.589. The standard InChI is InChI=1S/C29H24N6O4/c1-4-39-29(38)26-31-22(15-35(26)3)33-28(37)25-30-21(14-34(25)2)32-27(36)20-13-11-18-9-8-16-6-5-7-17-10-12-19(20)24(18)23(16)17/h5-15H,4H2,1-3H3,(H,32,36)(H,33,37). The third-order valence-electron chi connectivity index (χ3n) is 6.67. The van der Waals surface area contributed by atoms with Crippen LogP contribution in [0.25, 0.3) is 32.3 Å². The van der Waals surface area contributed by atoms with Gasteiger partial charge in [0.05, 0.1) is 6.61 Å². The molecule has 0 radical (unpaired) electrons. The number of benzene rings is 4. The molecular weight excluding hydrogens is 496 g/mol. The van der Waals surface area contributed by atoms with Crippen LogP contribution in [0.15, 0.2) is 67.0 Å². The molecule has 0 aliphatic carbocycles. The van der Waals surface area contributed by atoms with Gasteiger partial charge in [-0.1, -0.05) is 48.5 Å². The van der Waals surface area contributed by atoms with Crippen LogP contribution in [-0.4, -0.2) is 43.5 Å². The molecule has 2 N–H and O–H groups in total. The highest BCUT2D eigenvalue weighted by atomic mass is 16.5. The van der Waals surface area contributed by atoms with Gasteiger partial charge in [0.2, 0.25) is 11.6 Å². The summed E-state index contributed by atoms with van der Waals surface area (Å²) in [6.45, 7) is 1.91. The molecule has 0 atom stereocenters. The molecule has 10 nitrogen and oxygen atoms in total. The Morgan fingerprint density at radius 2 is 1.31 bits per heavy atom. The molecular formula is C29H24N6O4. The van der Waals surface area contributed by atoms with Crippen LogP contribution in [0.1, 0.15) is 38.5 Å². The van der Waals surface area contributed by atoms with Crippen molar-refractivity contribution in [3.63, 3.8) is 0 Å². The van der Waals surface area contributed by atoms with Gasteiger partial charge in [0.15, 0.2) is 11.6 Å². The zero-order chi connectivity index (χ0) is 27.3. The van der Waals surface area contributed by atoms with Gasteiger partial charge in [0.1, 0.15) is 0 Å². The van der Waals surface area contributed by atoms with Gasteiger partial charge in [-0.25, -0.2) is 14.8 Å². The maximum atomic E-state index is 13.4. The summed E-state index contributed by atoms with van der Waals surface area (Å²) >= 11 is 0. The number of carbonyl (C=O) groups excluding carboxylic acids is 3. The molecule has 194 valence electrons. The molecule has 0 spiro atoms. The van der Waals surface area contributed by atoms with E-state index in [1.54, 1.807) is 33.3 Å². The Bertz CT molecular complexity index is 1900. The van der Waals surface area contributed by atoms with E-state index in [0.717, 1.165) is 32.3 Å². The van der Waals surface area contributed by atoms with Crippen LogP contribution >= 0.6 is 0 Å². The number of imidazole rings is 2. The molecule has 0 saturated carbocycles. The normalized spacial score (nSPS) is 11.4. The van der Waals surface area contributed by atoms with E-state index in [2.05, 4.69) is 44.9 Å². The Balaban J connectivity index is 1.26. The second kappa shape index (κ2) is 9.25. The molecule has 6 rings (SSSR count). The number of rotatable bonds is 6. The average molecular weight is 521 g/mol. The SMILES string of the molecule is CCOC(=O)c1nc(NC(=O)c2nc(NC(=O)c3ccc4ccc5cccc6ccc3c4c56)cn2C)cn1C. The number of hydrogen-bond donors (Lipinski definition) is 2. The first kappa shape index (κ1) is 24.1. The fourth-order valence-electron chi connectivity index (χ4n) is 4.94. The van der Waals surface area contributed by atoms with E-state index in [0.29, 0.717) is 5.56 Å². The third kappa shape index (κ3) is 4.11. The molecule has 39 heavy (non-hydrogen) atoms. The second-order valence-electron chi connectivity index (χ2n) is 9.22. The maximum Gasteiger partial charge on any atom is 0.374 e. The van der Waals surface area contributed by atoms with E-state index in [9.17, 15) is 14.4 Å². The molecule has 0 bridgehead atoms. The van der Waals surface area contributed by atoms with Crippen molar-refractivity contribution in [1.29, 1.82) is 0 Å². The lowest BCUT2D eigenvalue weighted by Crippen LogP contribution is -2.17. The lowest BCUT2D eigenvalue weighted by atomic mass is 9.92. The minimum absolute atomic E-state index is 0.0593. The first-order valence-corrected chi connectivity index (χ1v) is 12.4. The zero-order valence-electron chi connectivity index (χ0n) is 21.5. The first-order valence-electron chi connectivity index (χ1n) is 12.4.